The van der Waals surface area contributed by atoms with Gasteiger partial charge in [0.1, 0.15) is 0 Å². The Morgan fingerprint density at radius 3 is 2.50 bits per heavy atom. The van der Waals surface area contributed by atoms with E-state index in [0.29, 0.717) is 0 Å². The molecule has 0 aliphatic heterocycles. The van der Waals surface area contributed by atoms with Gasteiger partial charge >= 0.3 is 5.97 Å². The van der Waals surface area contributed by atoms with Crippen molar-refractivity contribution in [2.45, 2.75) is 0 Å². The zero-order valence-electron chi connectivity index (χ0n) is 2.98. The molecule has 0 N–H and O–H groups in total. The van der Waals surface area contributed by atoms with E-state index in [0.717, 1.165) is 6.08 Å². The largest absolute Gasteiger partial charge is 0.371 e. The summed E-state index contributed by atoms with van der Waals surface area (Å²) in [5.41, 5.74) is 0. The van der Waals surface area contributed by atoms with Crippen LogP contribution in [0, 0.1) is 0 Å². The summed E-state index contributed by atoms with van der Waals surface area (Å²) >= 11 is 0. The van der Waals surface area contributed by atoms with Gasteiger partial charge in [0, 0.05) is 10.6 Å². The molecule has 0 aromatic rings. The molecule has 0 aliphatic carbocycles. The standard InChI is InChI=1S/C3H3FO2/c1-2-3(5)6-4/h2H,1H2. The van der Waals surface area contributed by atoms with Crippen LogP contribution in [0.25, 0.3) is 0 Å². The summed E-state index contributed by atoms with van der Waals surface area (Å²) in [5, 5.41) is 0. The summed E-state index contributed by atoms with van der Waals surface area (Å²) in [5.74, 6) is -1.06. The molecule has 6 heavy (non-hydrogen) atoms. The maximum Gasteiger partial charge on any atom is 0.371 e. The van der Waals surface area contributed by atoms with Gasteiger partial charge in [-0.15, -0.1) is 0 Å². The second kappa shape index (κ2) is 2.38. The molecule has 0 radical (unpaired) electrons. The van der Waals surface area contributed by atoms with Gasteiger partial charge in [0.25, 0.3) is 0 Å². The Balaban J connectivity index is 3.23. The molecular formula is C3H3FO2. The van der Waals surface area contributed by atoms with Gasteiger partial charge in [0.2, 0.25) is 0 Å². The van der Waals surface area contributed by atoms with Gasteiger partial charge in [-0.05, 0) is 0 Å². The summed E-state index contributed by atoms with van der Waals surface area (Å²) in [7, 11) is 0. The van der Waals surface area contributed by atoms with Gasteiger partial charge in [0.05, 0.1) is 0 Å². The van der Waals surface area contributed by atoms with Crippen LogP contribution in [0.3, 0.4) is 0 Å². The van der Waals surface area contributed by atoms with Crippen molar-refractivity contribution in [2.24, 2.45) is 0 Å². The minimum Gasteiger partial charge on any atom is -0.250 e. The van der Waals surface area contributed by atoms with Gasteiger partial charge < -0.3 is 0 Å². The second-order valence-electron chi connectivity index (χ2n) is 0.600. The number of hydrogen-bond donors (Lipinski definition) is 0. The first-order chi connectivity index (χ1) is 2.81. The van der Waals surface area contributed by atoms with E-state index in [1.54, 1.807) is 0 Å². The lowest BCUT2D eigenvalue weighted by Gasteiger charge is -1.74. The highest BCUT2D eigenvalue weighted by atomic mass is 19.3. The van der Waals surface area contributed by atoms with Crippen molar-refractivity contribution >= 4 is 5.97 Å². The average molecular weight is 90.1 g/mol. The Kier molecular flexibility index (Phi) is 2.04. The van der Waals surface area contributed by atoms with Crippen molar-refractivity contribution < 1.29 is 14.3 Å². The molecule has 0 saturated carbocycles. The molecule has 3 heteroatoms. The monoisotopic (exact) mass is 90.0 g/mol. The van der Waals surface area contributed by atoms with E-state index >= 15 is 0 Å². The third-order valence-corrected chi connectivity index (χ3v) is 0.243. The van der Waals surface area contributed by atoms with E-state index in [4.69, 9.17) is 0 Å². The molecule has 0 aliphatic rings. The van der Waals surface area contributed by atoms with E-state index in [2.05, 4.69) is 11.5 Å². The molecule has 0 spiro atoms. The zero-order valence-corrected chi connectivity index (χ0v) is 2.98. The molecule has 0 fully saturated rings. The molecule has 0 amide bonds. The Morgan fingerprint density at radius 2 is 2.50 bits per heavy atom. The highest BCUT2D eigenvalue weighted by Crippen LogP contribution is 1.74. The smallest absolute Gasteiger partial charge is 0.250 e. The van der Waals surface area contributed by atoms with Crippen molar-refractivity contribution in [3.8, 4) is 0 Å². The molecule has 0 aromatic carbocycles. The predicted octanol–water partition coefficient (Wildman–Crippen LogP) is 0.600. The van der Waals surface area contributed by atoms with E-state index in [9.17, 15) is 9.32 Å². The first kappa shape index (κ1) is 5.14. The topological polar surface area (TPSA) is 26.3 Å². The first-order valence-corrected chi connectivity index (χ1v) is 1.26. The third kappa shape index (κ3) is 1.46. The average Bonchev–Trinajstić information content (AvgIpc) is 1.65. The molecule has 0 unspecified atom stereocenters. The van der Waals surface area contributed by atoms with Crippen molar-refractivity contribution in [2.75, 3.05) is 0 Å². The predicted molar refractivity (Wildman–Crippen MR) is 17.4 cm³/mol. The molecule has 34 valence electrons. The fourth-order valence-electron chi connectivity index (χ4n) is 0.0315. The van der Waals surface area contributed by atoms with Crippen LogP contribution >= 0.6 is 0 Å². The fourth-order valence-corrected chi connectivity index (χ4v) is 0.0315. The number of hydrogen-bond acceptors (Lipinski definition) is 2. The number of halogens is 1. The molecule has 0 saturated heterocycles. The van der Waals surface area contributed by atoms with E-state index < -0.39 is 5.97 Å². The van der Waals surface area contributed by atoms with E-state index in [1.165, 1.54) is 0 Å². The lowest BCUT2D eigenvalue weighted by molar-refractivity contribution is -0.176. The first-order valence-electron chi connectivity index (χ1n) is 1.26. The van der Waals surface area contributed by atoms with Crippen molar-refractivity contribution in [3.63, 3.8) is 0 Å². The number of rotatable bonds is 1. The minimum atomic E-state index is -1.06. The second-order valence-corrected chi connectivity index (χ2v) is 0.600. The van der Waals surface area contributed by atoms with E-state index in [-0.39, 0.29) is 0 Å². The maximum absolute atomic E-state index is 10.5. The molecule has 0 aromatic heterocycles. The molecular weight excluding hydrogens is 87.0 g/mol. The van der Waals surface area contributed by atoms with Crippen LogP contribution in [0.5, 0.6) is 0 Å². The minimum absolute atomic E-state index is 0.736. The Morgan fingerprint density at radius 1 is 2.00 bits per heavy atom. The van der Waals surface area contributed by atoms with Crippen molar-refractivity contribution in [1.82, 2.24) is 0 Å². The van der Waals surface area contributed by atoms with Crippen LogP contribution in [0.4, 0.5) is 4.53 Å². The summed E-state index contributed by atoms with van der Waals surface area (Å²) in [4.78, 5) is 12.1. The summed E-state index contributed by atoms with van der Waals surface area (Å²) in [6, 6.07) is 0. The Labute approximate surface area is 34.1 Å². The van der Waals surface area contributed by atoms with Crippen LogP contribution < -0.4 is 0 Å². The molecule has 0 bridgehead atoms. The normalized spacial score (nSPS) is 6.83. The summed E-state index contributed by atoms with van der Waals surface area (Å²) in [6.45, 7) is 2.92. The van der Waals surface area contributed by atoms with Gasteiger partial charge in [0.15, 0.2) is 0 Å². The Hall–Kier alpha value is -0.860. The molecule has 0 heterocycles. The SMILES string of the molecule is C=CC(=O)OF. The highest BCUT2D eigenvalue weighted by molar-refractivity contribution is 5.80. The maximum atomic E-state index is 10.5. The van der Waals surface area contributed by atoms with Gasteiger partial charge in [-0.2, -0.15) is 0 Å². The zero-order chi connectivity index (χ0) is 4.99. The van der Waals surface area contributed by atoms with Gasteiger partial charge in [-0.25, -0.2) is 4.79 Å². The molecule has 0 rings (SSSR count). The van der Waals surface area contributed by atoms with E-state index in [1.807, 2.05) is 0 Å². The lowest BCUT2D eigenvalue weighted by atomic mass is 10.7. The summed E-state index contributed by atoms with van der Waals surface area (Å²) in [6.07, 6.45) is 0.736. The molecule has 0 atom stereocenters. The number of carbonyl (C=O) groups is 1. The van der Waals surface area contributed by atoms with Crippen LogP contribution in [0.15, 0.2) is 12.7 Å². The third-order valence-electron chi connectivity index (χ3n) is 0.243. The van der Waals surface area contributed by atoms with Gasteiger partial charge in [-0.1, -0.05) is 6.58 Å². The van der Waals surface area contributed by atoms with Crippen molar-refractivity contribution in [1.29, 1.82) is 0 Å². The van der Waals surface area contributed by atoms with Crippen LogP contribution in [-0.2, 0) is 9.74 Å². The van der Waals surface area contributed by atoms with Gasteiger partial charge in [-0.3, -0.25) is 4.94 Å². The van der Waals surface area contributed by atoms with Crippen LogP contribution in [0.2, 0.25) is 0 Å². The highest BCUT2D eigenvalue weighted by Gasteiger charge is 1.87. The van der Waals surface area contributed by atoms with Crippen LogP contribution in [-0.4, -0.2) is 5.97 Å². The Bertz CT molecular complexity index is 69.2. The number of carbonyl (C=O) groups excluding carboxylic acids is 1. The lowest BCUT2D eigenvalue weighted by Crippen LogP contribution is -1.87. The molecule has 2 nitrogen and oxygen atoms in total. The summed E-state index contributed by atoms with van der Waals surface area (Å²) < 4.78 is 10.5. The van der Waals surface area contributed by atoms with Crippen molar-refractivity contribution in [3.05, 3.63) is 12.7 Å². The fraction of sp³-hybridized carbons (Fsp3) is 0. The van der Waals surface area contributed by atoms with Crippen LogP contribution in [0.1, 0.15) is 0 Å². The quantitative estimate of drug-likeness (QED) is 0.441.